The maximum Gasteiger partial charge on any atom is 0.224 e. The molecule has 0 aromatic heterocycles. The maximum absolute atomic E-state index is 13.0. The Hall–Kier alpha value is -1.92. The number of unbranched alkanes of at least 4 members (excludes halogenated alkanes) is 3. The minimum atomic E-state index is -0.832. The zero-order valence-corrected chi connectivity index (χ0v) is 26.2. The number of carbonyl (C=O) groups is 2. The molecular weight excluding hydrogens is 486 g/mol. The van der Waals surface area contributed by atoms with E-state index in [1.54, 1.807) is 13.8 Å². The molecule has 0 saturated carbocycles. The van der Waals surface area contributed by atoms with Crippen molar-refractivity contribution in [2.24, 2.45) is 40.6 Å². The Labute approximate surface area is 239 Å². The largest absolute Gasteiger partial charge is 0.391 e. The van der Waals surface area contributed by atoms with E-state index in [0.717, 1.165) is 19.3 Å². The molecule has 0 aliphatic heterocycles. The highest BCUT2D eigenvalue weighted by atomic mass is 16.3. The topological polar surface area (TPSA) is 118 Å². The van der Waals surface area contributed by atoms with Crippen LogP contribution in [0.1, 0.15) is 111 Å². The van der Waals surface area contributed by atoms with Gasteiger partial charge in [0.15, 0.2) is 0 Å². The second kappa shape index (κ2) is 17.0. The van der Waals surface area contributed by atoms with Gasteiger partial charge in [-0.05, 0) is 86.8 Å². The van der Waals surface area contributed by atoms with Gasteiger partial charge in [-0.25, -0.2) is 0 Å². The standard InChI is InChI=1S/C33H59N3O3/c1-9-11-12-13-14-26-17-24(15-16-25(26)10-2)18-27(22(3)4)19-29(34)30(37)20-28(23(5)6)31(38)36-21-33(7,8)32(35)39/h15-17,22-23,27-30,37H,9-14,18-21,34H2,1-8H3,(H2,35,39)(H,36,38)/t27-,28-,29-,30-/m0/s1. The Bertz CT molecular complexity index is 881. The summed E-state index contributed by atoms with van der Waals surface area (Å²) in [5.41, 5.74) is 15.4. The molecule has 4 atom stereocenters. The monoisotopic (exact) mass is 545 g/mol. The molecule has 1 rings (SSSR count). The number of rotatable bonds is 19. The summed E-state index contributed by atoms with van der Waals surface area (Å²) >= 11 is 0. The number of amides is 2. The molecule has 0 radical (unpaired) electrons. The van der Waals surface area contributed by atoms with Gasteiger partial charge in [0.25, 0.3) is 0 Å². The molecule has 0 saturated heterocycles. The number of hydrogen-bond acceptors (Lipinski definition) is 4. The van der Waals surface area contributed by atoms with E-state index in [0.29, 0.717) is 24.7 Å². The summed E-state index contributed by atoms with van der Waals surface area (Å²) in [6.07, 6.45) is 8.38. The minimum Gasteiger partial charge on any atom is -0.391 e. The Kier molecular flexibility index (Phi) is 15.3. The van der Waals surface area contributed by atoms with E-state index < -0.39 is 29.4 Å². The van der Waals surface area contributed by atoms with E-state index in [1.807, 2.05) is 13.8 Å². The zero-order valence-electron chi connectivity index (χ0n) is 26.2. The molecule has 1 aromatic rings. The molecule has 6 nitrogen and oxygen atoms in total. The third kappa shape index (κ3) is 12.0. The summed E-state index contributed by atoms with van der Waals surface area (Å²) < 4.78 is 0. The summed E-state index contributed by atoms with van der Waals surface area (Å²) in [7, 11) is 0. The number of nitrogens with two attached hydrogens (primary N) is 2. The van der Waals surface area contributed by atoms with Crippen molar-refractivity contribution in [3.8, 4) is 0 Å². The average Bonchev–Trinajstić information content (AvgIpc) is 2.87. The molecular formula is C33H59N3O3. The molecule has 0 fully saturated rings. The van der Waals surface area contributed by atoms with Crippen LogP contribution in [0.3, 0.4) is 0 Å². The summed E-state index contributed by atoms with van der Waals surface area (Å²) in [5, 5.41) is 13.9. The fourth-order valence-corrected chi connectivity index (χ4v) is 5.17. The number of benzene rings is 1. The van der Waals surface area contributed by atoms with Gasteiger partial charge in [-0.1, -0.05) is 79.0 Å². The summed E-state index contributed by atoms with van der Waals surface area (Å²) in [6, 6.07) is 6.53. The molecule has 6 heteroatoms. The quantitative estimate of drug-likeness (QED) is 0.170. The van der Waals surface area contributed by atoms with Gasteiger partial charge in [0.2, 0.25) is 11.8 Å². The first-order valence-corrected chi connectivity index (χ1v) is 15.3. The number of carbonyl (C=O) groups excluding carboxylic acids is 2. The highest BCUT2D eigenvalue weighted by molar-refractivity contribution is 5.83. The van der Waals surface area contributed by atoms with Crippen LogP contribution in [0.4, 0.5) is 0 Å². The van der Waals surface area contributed by atoms with Crippen molar-refractivity contribution in [2.45, 2.75) is 125 Å². The third-order valence-corrected chi connectivity index (χ3v) is 8.47. The highest BCUT2D eigenvalue weighted by Gasteiger charge is 2.32. The van der Waals surface area contributed by atoms with Gasteiger partial charge in [-0.15, -0.1) is 0 Å². The van der Waals surface area contributed by atoms with Crippen molar-refractivity contribution in [1.82, 2.24) is 5.32 Å². The van der Waals surface area contributed by atoms with Crippen LogP contribution >= 0.6 is 0 Å². The van der Waals surface area contributed by atoms with Crippen LogP contribution in [0, 0.1) is 29.1 Å². The predicted octanol–water partition coefficient (Wildman–Crippen LogP) is 5.55. The SMILES string of the molecule is CCCCCCc1cc(C[C@@H](C[C@H](N)[C@@H](O)C[C@H](C(=O)NCC(C)(C)C(N)=O)C(C)C)C(C)C)ccc1CC. The molecule has 0 aliphatic rings. The molecule has 0 unspecified atom stereocenters. The van der Waals surface area contributed by atoms with Gasteiger partial charge < -0.3 is 21.9 Å². The Morgan fingerprint density at radius 3 is 2.18 bits per heavy atom. The smallest absolute Gasteiger partial charge is 0.224 e. The normalized spacial score (nSPS) is 15.3. The average molecular weight is 546 g/mol. The number of hydrogen-bond donors (Lipinski definition) is 4. The Morgan fingerprint density at radius 1 is 0.974 bits per heavy atom. The van der Waals surface area contributed by atoms with Crippen molar-refractivity contribution in [2.75, 3.05) is 6.54 Å². The van der Waals surface area contributed by atoms with Crippen LogP contribution in [0.5, 0.6) is 0 Å². The minimum absolute atomic E-state index is 0.0252. The molecule has 0 heterocycles. The summed E-state index contributed by atoms with van der Waals surface area (Å²) in [6.45, 7) is 16.4. The van der Waals surface area contributed by atoms with Crippen molar-refractivity contribution in [3.63, 3.8) is 0 Å². The van der Waals surface area contributed by atoms with Gasteiger partial charge in [0.1, 0.15) is 0 Å². The first-order chi connectivity index (χ1) is 18.2. The molecule has 0 bridgehead atoms. The molecule has 2 amide bonds. The van der Waals surface area contributed by atoms with Crippen LogP contribution in [-0.2, 0) is 28.9 Å². The van der Waals surface area contributed by atoms with Crippen molar-refractivity contribution >= 4 is 11.8 Å². The lowest BCUT2D eigenvalue weighted by molar-refractivity contribution is -0.130. The van der Waals surface area contributed by atoms with Gasteiger partial charge >= 0.3 is 0 Å². The molecule has 0 spiro atoms. The Morgan fingerprint density at radius 2 is 1.64 bits per heavy atom. The zero-order chi connectivity index (χ0) is 29.8. The van der Waals surface area contributed by atoms with E-state index in [1.165, 1.54) is 42.4 Å². The third-order valence-electron chi connectivity index (χ3n) is 8.47. The molecule has 0 aliphatic carbocycles. The lowest BCUT2D eigenvalue weighted by Gasteiger charge is -2.30. The number of aryl methyl sites for hydroxylation is 2. The second-order valence-electron chi connectivity index (χ2n) is 13.0. The van der Waals surface area contributed by atoms with E-state index in [2.05, 4.69) is 51.2 Å². The van der Waals surface area contributed by atoms with Gasteiger partial charge in [-0.3, -0.25) is 9.59 Å². The van der Waals surface area contributed by atoms with Crippen LogP contribution < -0.4 is 16.8 Å². The predicted molar refractivity (Wildman–Crippen MR) is 163 cm³/mol. The molecule has 224 valence electrons. The number of aliphatic hydroxyl groups excluding tert-OH is 1. The van der Waals surface area contributed by atoms with Crippen molar-refractivity contribution in [1.29, 1.82) is 0 Å². The van der Waals surface area contributed by atoms with Gasteiger partial charge in [0, 0.05) is 18.5 Å². The van der Waals surface area contributed by atoms with Gasteiger partial charge in [0.05, 0.1) is 11.5 Å². The van der Waals surface area contributed by atoms with Crippen LogP contribution in [0.15, 0.2) is 18.2 Å². The van der Waals surface area contributed by atoms with Crippen LogP contribution in [-0.4, -0.2) is 35.6 Å². The molecule has 6 N–H and O–H groups in total. The fraction of sp³-hybridized carbons (Fsp3) is 0.758. The lowest BCUT2D eigenvalue weighted by Crippen LogP contribution is -2.46. The highest BCUT2D eigenvalue weighted by Crippen LogP contribution is 2.27. The number of nitrogens with one attached hydrogen (secondary N) is 1. The van der Waals surface area contributed by atoms with Gasteiger partial charge in [-0.2, -0.15) is 0 Å². The molecule has 39 heavy (non-hydrogen) atoms. The summed E-state index contributed by atoms with van der Waals surface area (Å²) in [4.78, 5) is 24.6. The van der Waals surface area contributed by atoms with Crippen molar-refractivity contribution in [3.05, 3.63) is 34.9 Å². The van der Waals surface area contributed by atoms with E-state index in [9.17, 15) is 14.7 Å². The maximum atomic E-state index is 13.0. The van der Waals surface area contributed by atoms with E-state index in [-0.39, 0.29) is 18.4 Å². The fourth-order valence-electron chi connectivity index (χ4n) is 5.17. The Balaban J connectivity index is 2.87. The van der Waals surface area contributed by atoms with Crippen LogP contribution in [0.25, 0.3) is 0 Å². The van der Waals surface area contributed by atoms with E-state index in [4.69, 9.17) is 11.5 Å². The van der Waals surface area contributed by atoms with Crippen molar-refractivity contribution < 1.29 is 14.7 Å². The van der Waals surface area contributed by atoms with Crippen LogP contribution in [0.2, 0.25) is 0 Å². The lowest BCUT2D eigenvalue weighted by atomic mass is 9.80. The van der Waals surface area contributed by atoms with E-state index >= 15 is 0 Å². The number of aliphatic hydroxyl groups is 1. The number of primary amides is 1. The first-order valence-electron chi connectivity index (χ1n) is 15.3. The summed E-state index contributed by atoms with van der Waals surface area (Å²) in [5.74, 6) is -0.256. The molecule has 1 aromatic carbocycles. The second-order valence-corrected chi connectivity index (χ2v) is 13.0. The first kappa shape index (κ1) is 35.1.